The average molecular weight is 1100 g/mol. The molecule has 0 bridgehead atoms. The minimum atomic E-state index is -0.789. The zero-order valence-electron chi connectivity index (χ0n) is 51.9. The molecule has 1 atom stereocenters. The van der Waals surface area contributed by atoms with Gasteiger partial charge in [-0.1, -0.05) is 284 Å². The van der Waals surface area contributed by atoms with Crippen LogP contribution in [0.2, 0.25) is 0 Å². The molecule has 0 saturated carbocycles. The molecule has 0 aromatic carbocycles. The van der Waals surface area contributed by atoms with Crippen molar-refractivity contribution in [3.8, 4) is 0 Å². The van der Waals surface area contributed by atoms with Gasteiger partial charge >= 0.3 is 17.9 Å². The van der Waals surface area contributed by atoms with Crippen molar-refractivity contribution in [2.75, 3.05) is 13.2 Å². The highest BCUT2D eigenvalue weighted by Crippen LogP contribution is 2.16. The monoisotopic (exact) mass is 1100 g/mol. The van der Waals surface area contributed by atoms with Crippen LogP contribution in [0.5, 0.6) is 0 Å². The van der Waals surface area contributed by atoms with Gasteiger partial charge in [0.2, 0.25) is 0 Å². The van der Waals surface area contributed by atoms with E-state index in [-0.39, 0.29) is 31.1 Å². The van der Waals surface area contributed by atoms with Crippen LogP contribution in [-0.4, -0.2) is 37.2 Å². The normalized spacial score (nSPS) is 12.8. The molecule has 0 aromatic heterocycles. The van der Waals surface area contributed by atoms with Gasteiger partial charge in [-0.05, 0) is 122 Å². The number of allylic oxidation sites excluding steroid dienone is 18. The zero-order valence-corrected chi connectivity index (χ0v) is 51.9. The first-order valence-electron chi connectivity index (χ1n) is 33.4. The second kappa shape index (κ2) is 66.6. The Balaban J connectivity index is 4.20. The van der Waals surface area contributed by atoms with Gasteiger partial charge < -0.3 is 14.2 Å². The molecule has 0 aliphatic carbocycles. The van der Waals surface area contributed by atoms with Crippen LogP contribution in [0, 0.1) is 0 Å². The van der Waals surface area contributed by atoms with Gasteiger partial charge in [-0.2, -0.15) is 0 Å². The Morgan fingerprint density at radius 1 is 0.266 bits per heavy atom. The molecular weight excluding hydrogens is 973 g/mol. The third-order valence-electron chi connectivity index (χ3n) is 14.2. The number of unbranched alkanes of at least 4 members (excludes halogenated alkanes) is 31. The third-order valence-corrected chi connectivity index (χ3v) is 14.2. The van der Waals surface area contributed by atoms with Crippen LogP contribution in [0.3, 0.4) is 0 Å². The van der Waals surface area contributed by atoms with Gasteiger partial charge in [0.25, 0.3) is 0 Å². The smallest absolute Gasteiger partial charge is 0.306 e. The second-order valence-electron chi connectivity index (χ2n) is 22.0. The number of carbonyl (C=O) groups excluding carboxylic acids is 3. The fourth-order valence-electron chi connectivity index (χ4n) is 9.22. The Hall–Kier alpha value is -3.93. The lowest BCUT2D eigenvalue weighted by atomic mass is 10.0. The highest BCUT2D eigenvalue weighted by molar-refractivity contribution is 5.71. The molecule has 0 amide bonds. The molecule has 0 aliphatic rings. The first kappa shape index (κ1) is 75.1. The van der Waals surface area contributed by atoms with Gasteiger partial charge in [-0.3, -0.25) is 14.4 Å². The van der Waals surface area contributed by atoms with Crippen LogP contribution in [0.25, 0.3) is 0 Å². The summed E-state index contributed by atoms with van der Waals surface area (Å²) in [5.74, 6) is -0.899. The lowest BCUT2D eigenvalue weighted by Gasteiger charge is -2.18. The number of esters is 3. The van der Waals surface area contributed by atoms with E-state index in [9.17, 15) is 14.4 Å². The van der Waals surface area contributed by atoms with Crippen LogP contribution < -0.4 is 0 Å². The number of hydrogen-bond acceptors (Lipinski definition) is 6. The predicted molar refractivity (Wildman–Crippen MR) is 343 cm³/mol. The Bertz CT molecular complexity index is 1590. The minimum Gasteiger partial charge on any atom is -0.462 e. The van der Waals surface area contributed by atoms with E-state index in [1.807, 2.05) is 0 Å². The van der Waals surface area contributed by atoms with E-state index in [2.05, 4.69) is 130 Å². The number of hydrogen-bond donors (Lipinski definition) is 0. The van der Waals surface area contributed by atoms with Gasteiger partial charge in [0.1, 0.15) is 13.2 Å². The molecule has 452 valence electrons. The minimum absolute atomic E-state index is 0.0850. The molecule has 6 nitrogen and oxygen atoms in total. The van der Waals surface area contributed by atoms with Crippen molar-refractivity contribution < 1.29 is 28.6 Å². The molecule has 0 radical (unpaired) electrons. The largest absolute Gasteiger partial charge is 0.462 e. The van der Waals surface area contributed by atoms with Crippen molar-refractivity contribution in [3.05, 3.63) is 109 Å². The molecule has 0 spiro atoms. The quantitative estimate of drug-likeness (QED) is 0.0261. The summed E-state index contributed by atoms with van der Waals surface area (Å²) in [6.45, 7) is 6.48. The van der Waals surface area contributed by atoms with Crippen LogP contribution in [-0.2, 0) is 28.6 Å². The first-order valence-corrected chi connectivity index (χ1v) is 33.4. The molecule has 0 aliphatic heterocycles. The summed E-state index contributed by atoms with van der Waals surface area (Å²) in [7, 11) is 0. The van der Waals surface area contributed by atoms with Crippen molar-refractivity contribution in [3.63, 3.8) is 0 Å². The maximum atomic E-state index is 12.9. The molecule has 0 rings (SSSR count). The molecule has 1 unspecified atom stereocenters. The second-order valence-corrected chi connectivity index (χ2v) is 22.0. The highest BCUT2D eigenvalue weighted by Gasteiger charge is 2.19. The first-order chi connectivity index (χ1) is 39.0. The van der Waals surface area contributed by atoms with Crippen molar-refractivity contribution in [1.29, 1.82) is 0 Å². The number of carbonyl (C=O) groups is 3. The van der Waals surface area contributed by atoms with E-state index in [1.165, 1.54) is 148 Å². The summed E-state index contributed by atoms with van der Waals surface area (Å²) in [5.41, 5.74) is 0. The van der Waals surface area contributed by atoms with E-state index < -0.39 is 6.10 Å². The summed E-state index contributed by atoms with van der Waals surface area (Å²) in [6, 6.07) is 0. The van der Waals surface area contributed by atoms with E-state index >= 15 is 0 Å². The van der Waals surface area contributed by atoms with Crippen molar-refractivity contribution in [2.24, 2.45) is 0 Å². The molecule has 0 N–H and O–H groups in total. The fraction of sp³-hybridized carbons (Fsp3) is 0.712. The van der Waals surface area contributed by atoms with Crippen molar-refractivity contribution >= 4 is 17.9 Å². The molecular formula is C73H124O6. The van der Waals surface area contributed by atoms with Crippen LogP contribution in [0.1, 0.15) is 316 Å². The fourth-order valence-corrected chi connectivity index (χ4v) is 9.22. The zero-order chi connectivity index (χ0) is 57.1. The molecule has 0 fully saturated rings. The summed E-state index contributed by atoms with van der Waals surface area (Å²) in [6.07, 6.45) is 91.1. The van der Waals surface area contributed by atoms with Gasteiger partial charge in [0, 0.05) is 19.3 Å². The highest BCUT2D eigenvalue weighted by atomic mass is 16.6. The van der Waals surface area contributed by atoms with E-state index in [0.717, 1.165) is 128 Å². The standard InChI is InChI=1S/C73H124O6/c1-4-7-10-13-16-19-22-25-28-29-30-31-32-33-34-35-36-37-38-39-40-41-42-43-44-45-46-49-51-54-57-60-63-66-72(75)78-69-70(79-73(76)67-64-61-58-55-52-48-27-24-21-18-15-12-9-6-3)68-77-71(74)65-62-59-56-53-50-47-26-23-20-17-14-11-8-5-2/h7,10,15-16,18-19,23-28,30-31,33-34,36-37,70H,4-6,8-9,11-14,17,20-22,29,32,35,38-69H2,1-3H3/b10-7-,18-15-,19-16-,26-23-,27-24-,28-25-,31-30-,34-33-,37-36-. The Morgan fingerprint density at radius 2 is 0.506 bits per heavy atom. The van der Waals surface area contributed by atoms with Gasteiger partial charge in [0.15, 0.2) is 6.10 Å². The van der Waals surface area contributed by atoms with Gasteiger partial charge in [-0.15, -0.1) is 0 Å². The topological polar surface area (TPSA) is 78.9 Å². The summed E-state index contributed by atoms with van der Waals surface area (Å²) < 4.78 is 16.9. The molecule has 0 heterocycles. The van der Waals surface area contributed by atoms with E-state index in [4.69, 9.17) is 14.2 Å². The predicted octanol–water partition coefficient (Wildman–Crippen LogP) is 23.0. The Morgan fingerprint density at radius 3 is 0.823 bits per heavy atom. The Labute approximate surface area is 489 Å². The summed E-state index contributed by atoms with van der Waals surface area (Å²) >= 11 is 0. The van der Waals surface area contributed by atoms with Crippen LogP contribution in [0.4, 0.5) is 0 Å². The van der Waals surface area contributed by atoms with E-state index in [1.54, 1.807) is 0 Å². The third kappa shape index (κ3) is 64.8. The number of rotatable bonds is 60. The molecule has 79 heavy (non-hydrogen) atoms. The van der Waals surface area contributed by atoms with Crippen LogP contribution in [0.15, 0.2) is 109 Å². The summed E-state index contributed by atoms with van der Waals surface area (Å²) in [4.78, 5) is 38.3. The SMILES string of the molecule is CC/C=C\C/C=C\C/C=C\C/C=C\C/C=C\C/C=C\CCCCCCCCCCCCCCCCC(=O)OCC(COC(=O)CCCCCCC/C=C\CCCCCCC)OC(=O)CCCCCCC/C=C\C/C=C\CCCC. The van der Waals surface area contributed by atoms with Gasteiger partial charge in [0.05, 0.1) is 0 Å². The maximum Gasteiger partial charge on any atom is 0.306 e. The molecule has 6 heteroatoms. The summed E-state index contributed by atoms with van der Waals surface area (Å²) in [5, 5.41) is 0. The molecule has 0 saturated heterocycles. The molecule has 0 aromatic rings. The number of ether oxygens (including phenoxy) is 3. The lowest BCUT2D eigenvalue weighted by molar-refractivity contribution is -0.167. The maximum absolute atomic E-state index is 12.9. The average Bonchev–Trinajstić information content (AvgIpc) is 3.45. The lowest BCUT2D eigenvalue weighted by Crippen LogP contribution is -2.30. The van der Waals surface area contributed by atoms with Crippen molar-refractivity contribution in [1.82, 2.24) is 0 Å². The van der Waals surface area contributed by atoms with Crippen molar-refractivity contribution in [2.45, 2.75) is 322 Å². The Kier molecular flexibility index (Phi) is 63.3. The van der Waals surface area contributed by atoms with Crippen LogP contribution >= 0.6 is 0 Å². The van der Waals surface area contributed by atoms with E-state index in [0.29, 0.717) is 19.3 Å². The van der Waals surface area contributed by atoms with Gasteiger partial charge in [-0.25, -0.2) is 0 Å².